The number of hydrogen-bond donors (Lipinski definition) is 2. The molecule has 0 unspecified atom stereocenters. The molecule has 0 saturated heterocycles. The number of carbonyl (C=O) groups is 2. The Labute approximate surface area is 218 Å². The van der Waals surface area contributed by atoms with E-state index in [9.17, 15) is 27.6 Å². The average Bonchev–Trinajstić information content (AvgIpc) is 3.40. The van der Waals surface area contributed by atoms with E-state index < -0.39 is 29.3 Å². The molecule has 4 rings (SSSR count). The van der Waals surface area contributed by atoms with Crippen LogP contribution in [0.15, 0.2) is 46.8 Å². The van der Waals surface area contributed by atoms with Gasteiger partial charge in [0.1, 0.15) is 16.4 Å². The molecular formula is C25H22F3N5O4S. The molecule has 0 saturated carbocycles. The number of urea groups is 1. The van der Waals surface area contributed by atoms with Gasteiger partial charge in [0.25, 0.3) is 0 Å². The standard InChI is InChI=1S/C25H22F3N5O4S/c1-4-33-11-17(23(35)37-5-2)21(34)15-8-13(6-7-18(15)33)16-10-30-20(32-24(36)29-3)9-14(16)22-31-19(12-38-22)25(26,27)28/h6-12H,4-5H2,1-3H3,(H2,29,30,32,36). The van der Waals surface area contributed by atoms with Crippen molar-refractivity contribution < 1.29 is 27.5 Å². The summed E-state index contributed by atoms with van der Waals surface area (Å²) >= 11 is 0.782. The molecule has 9 nitrogen and oxygen atoms in total. The molecule has 0 radical (unpaired) electrons. The van der Waals surface area contributed by atoms with Gasteiger partial charge in [-0.1, -0.05) is 6.07 Å². The number of hydrogen-bond acceptors (Lipinski definition) is 7. The van der Waals surface area contributed by atoms with Gasteiger partial charge in [0, 0.05) is 47.9 Å². The number of benzene rings is 1. The number of nitrogens with one attached hydrogen (secondary N) is 2. The molecule has 0 spiro atoms. The van der Waals surface area contributed by atoms with Crippen LogP contribution in [-0.2, 0) is 17.5 Å². The van der Waals surface area contributed by atoms with Crippen molar-refractivity contribution in [1.82, 2.24) is 19.9 Å². The van der Waals surface area contributed by atoms with Crippen LogP contribution < -0.4 is 16.1 Å². The third-order valence-electron chi connectivity index (χ3n) is 5.62. The van der Waals surface area contributed by atoms with Gasteiger partial charge in [-0.25, -0.2) is 19.6 Å². The van der Waals surface area contributed by atoms with Crippen molar-refractivity contribution >= 4 is 40.1 Å². The SMILES string of the molecule is CCOC(=O)c1cn(CC)c2ccc(-c3cnc(NC(=O)NC)cc3-c3nc(C(F)(F)F)cs3)cc2c1=O. The van der Waals surface area contributed by atoms with Crippen LogP contribution in [0.25, 0.3) is 32.6 Å². The second kappa shape index (κ2) is 10.6. The Kier molecular flexibility index (Phi) is 7.49. The fourth-order valence-electron chi connectivity index (χ4n) is 3.82. The van der Waals surface area contributed by atoms with Gasteiger partial charge in [0.2, 0.25) is 5.43 Å². The zero-order valence-electron chi connectivity index (χ0n) is 20.5. The number of aromatic nitrogens is 3. The van der Waals surface area contributed by atoms with Crippen LogP contribution in [0, 0.1) is 0 Å². The van der Waals surface area contributed by atoms with E-state index in [-0.39, 0.29) is 33.9 Å². The molecule has 38 heavy (non-hydrogen) atoms. The van der Waals surface area contributed by atoms with Crippen molar-refractivity contribution in [2.24, 2.45) is 0 Å². The molecule has 0 fully saturated rings. The van der Waals surface area contributed by atoms with Crippen molar-refractivity contribution in [1.29, 1.82) is 0 Å². The number of thiazole rings is 1. The lowest BCUT2D eigenvalue weighted by Gasteiger charge is -2.14. The number of aryl methyl sites for hydroxylation is 1. The molecule has 2 N–H and O–H groups in total. The van der Waals surface area contributed by atoms with E-state index in [4.69, 9.17) is 4.74 Å². The maximum absolute atomic E-state index is 13.3. The monoisotopic (exact) mass is 545 g/mol. The van der Waals surface area contributed by atoms with Crippen LogP contribution in [0.2, 0.25) is 0 Å². The van der Waals surface area contributed by atoms with E-state index in [0.717, 1.165) is 16.7 Å². The van der Waals surface area contributed by atoms with Gasteiger partial charge in [-0.2, -0.15) is 13.2 Å². The minimum atomic E-state index is -4.64. The fourth-order valence-corrected chi connectivity index (χ4v) is 4.67. The summed E-state index contributed by atoms with van der Waals surface area (Å²) in [6.45, 7) is 4.05. The van der Waals surface area contributed by atoms with E-state index in [0.29, 0.717) is 23.2 Å². The Morgan fingerprint density at radius 3 is 2.55 bits per heavy atom. The highest BCUT2D eigenvalue weighted by Crippen LogP contribution is 2.39. The van der Waals surface area contributed by atoms with Crippen molar-refractivity contribution in [2.75, 3.05) is 19.0 Å². The van der Waals surface area contributed by atoms with Gasteiger partial charge in [-0.15, -0.1) is 11.3 Å². The first kappa shape index (κ1) is 26.8. The summed E-state index contributed by atoms with van der Waals surface area (Å²) in [5, 5.41) is 6.04. The molecule has 198 valence electrons. The molecule has 0 atom stereocenters. The molecule has 1 aromatic carbocycles. The predicted octanol–water partition coefficient (Wildman–Crippen LogP) is 5.15. The van der Waals surface area contributed by atoms with Crippen LogP contribution >= 0.6 is 11.3 Å². The summed E-state index contributed by atoms with van der Waals surface area (Å²) < 4.78 is 46.6. The van der Waals surface area contributed by atoms with Gasteiger partial charge in [0.05, 0.1) is 12.1 Å². The number of amides is 2. The van der Waals surface area contributed by atoms with Crippen molar-refractivity contribution in [3.8, 4) is 21.7 Å². The quantitative estimate of drug-likeness (QED) is 0.324. The highest BCUT2D eigenvalue weighted by Gasteiger charge is 2.34. The second-order valence-electron chi connectivity index (χ2n) is 7.97. The smallest absolute Gasteiger partial charge is 0.434 e. The lowest BCUT2D eigenvalue weighted by molar-refractivity contribution is -0.140. The van der Waals surface area contributed by atoms with E-state index in [1.54, 1.807) is 29.7 Å². The first-order valence-electron chi connectivity index (χ1n) is 11.4. The predicted molar refractivity (Wildman–Crippen MR) is 137 cm³/mol. The lowest BCUT2D eigenvalue weighted by atomic mass is 9.99. The van der Waals surface area contributed by atoms with Gasteiger partial charge in [0.15, 0.2) is 5.69 Å². The number of esters is 1. The third kappa shape index (κ3) is 5.23. The number of pyridine rings is 2. The maximum Gasteiger partial charge on any atom is 0.434 e. The molecule has 13 heteroatoms. The third-order valence-corrected chi connectivity index (χ3v) is 6.50. The summed E-state index contributed by atoms with van der Waals surface area (Å²) in [5.74, 6) is -0.660. The number of rotatable bonds is 6. The van der Waals surface area contributed by atoms with Crippen LogP contribution in [0.3, 0.4) is 0 Å². The van der Waals surface area contributed by atoms with Crippen molar-refractivity contribution in [3.63, 3.8) is 0 Å². The van der Waals surface area contributed by atoms with Crippen LogP contribution in [0.5, 0.6) is 0 Å². The zero-order chi connectivity index (χ0) is 27.6. The van der Waals surface area contributed by atoms with Crippen LogP contribution in [0.4, 0.5) is 23.8 Å². The Balaban J connectivity index is 1.93. The highest BCUT2D eigenvalue weighted by atomic mass is 32.1. The second-order valence-corrected chi connectivity index (χ2v) is 8.82. The van der Waals surface area contributed by atoms with Crippen LogP contribution in [0.1, 0.15) is 29.9 Å². The minimum absolute atomic E-state index is 0.0426. The maximum atomic E-state index is 13.3. The number of alkyl halides is 3. The number of carbonyl (C=O) groups excluding carboxylic acids is 2. The molecule has 3 heterocycles. The Morgan fingerprint density at radius 1 is 1.16 bits per heavy atom. The number of anilines is 1. The van der Waals surface area contributed by atoms with Crippen molar-refractivity contribution in [3.05, 3.63) is 63.5 Å². The average molecular weight is 546 g/mol. The summed E-state index contributed by atoms with van der Waals surface area (Å²) in [7, 11) is 1.41. The van der Waals surface area contributed by atoms with E-state index in [1.165, 1.54) is 25.5 Å². The Hall–Kier alpha value is -4.26. The molecule has 2 amide bonds. The molecule has 0 aliphatic rings. The van der Waals surface area contributed by atoms with E-state index in [1.807, 2.05) is 6.92 Å². The summed E-state index contributed by atoms with van der Waals surface area (Å²) in [4.78, 5) is 45.4. The molecule has 0 bridgehead atoms. The zero-order valence-corrected chi connectivity index (χ0v) is 21.3. The highest BCUT2D eigenvalue weighted by molar-refractivity contribution is 7.13. The first-order valence-corrected chi connectivity index (χ1v) is 12.3. The van der Waals surface area contributed by atoms with E-state index >= 15 is 0 Å². The van der Waals surface area contributed by atoms with Gasteiger partial charge in [-0.05, 0) is 37.6 Å². The fraction of sp³-hybridized carbons (Fsp3) is 0.240. The van der Waals surface area contributed by atoms with Gasteiger partial charge >= 0.3 is 18.2 Å². The Bertz CT molecular complexity index is 1600. The molecule has 0 aliphatic carbocycles. The normalized spacial score (nSPS) is 11.4. The molecule has 3 aromatic heterocycles. The molecular weight excluding hydrogens is 523 g/mol. The van der Waals surface area contributed by atoms with Gasteiger partial charge < -0.3 is 14.6 Å². The number of nitrogens with zero attached hydrogens (tertiary/aromatic N) is 3. The number of fused-ring (bicyclic) bond motifs is 1. The van der Waals surface area contributed by atoms with Crippen molar-refractivity contribution in [2.45, 2.75) is 26.6 Å². The van der Waals surface area contributed by atoms with Gasteiger partial charge in [-0.3, -0.25) is 10.1 Å². The molecule has 0 aliphatic heterocycles. The number of halogens is 3. The topological polar surface area (TPSA) is 115 Å². The van der Waals surface area contributed by atoms with Crippen LogP contribution in [-0.4, -0.2) is 40.2 Å². The summed E-state index contributed by atoms with van der Waals surface area (Å²) in [6.07, 6.45) is -1.81. The Morgan fingerprint density at radius 2 is 1.92 bits per heavy atom. The summed E-state index contributed by atoms with van der Waals surface area (Å²) in [6, 6.07) is 5.78. The number of ether oxygens (including phenoxy) is 1. The summed E-state index contributed by atoms with van der Waals surface area (Å²) in [5.41, 5.74) is -0.0524. The lowest BCUT2D eigenvalue weighted by Crippen LogP contribution is -2.24. The largest absolute Gasteiger partial charge is 0.462 e. The van der Waals surface area contributed by atoms with E-state index in [2.05, 4.69) is 20.6 Å². The first-order chi connectivity index (χ1) is 18.1. The minimum Gasteiger partial charge on any atom is -0.462 e. The molecule has 4 aromatic rings.